The second kappa shape index (κ2) is 5.32. The van der Waals surface area contributed by atoms with Crippen LogP contribution in [0.15, 0.2) is 35.5 Å². The number of aliphatic carboxylic acids is 1. The number of fused-ring (bicyclic) bond motifs is 1. The Hall–Kier alpha value is -1.75. The van der Waals surface area contributed by atoms with Crippen LogP contribution < -0.4 is 0 Å². The van der Waals surface area contributed by atoms with Crippen LogP contribution in [-0.4, -0.2) is 26.4 Å². The first-order valence-corrected chi connectivity index (χ1v) is 7.62. The highest BCUT2D eigenvalue weighted by molar-refractivity contribution is 7.99. The highest BCUT2D eigenvalue weighted by atomic mass is 32.2. The molecule has 0 amide bonds. The van der Waals surface area contributed by atoms with Gasteiger partial charge in [-0.1, -0.05) is 36.0 Å². The van der Waals surface area contributed by atoms with Crippen molar-refractivity contribution in [2.45, 2.75) is 31.0 Å². The number of hydrogen-bond donors (Lipinski definition) is 1. The first kappa shape index (κ1) is 13.2. The SMILES string of the molecule is Cc1cccc2nc(SCC(=O)O)n(C3CC=CC3)c12. The summed E-state index contributed by atoms with van der Waals surface area (Å²) in [5.74, 6) is -0.766. The topological polar surface area (TPSA) is 55.1 Å². The number of allylic oxidation sites excluding steroid dienone is 2. The lowest BCUT2D eigenvalue weighted by Gasteiger charge is -2.16. The average Bonchev–Trinajstić information content (AvgIpc) is 3.03. The minimum atomic E-state index is -0.810. The maximum atomic E-state index is 10.8. The van der Waals surface area contributed by atoms with Gasteiger partial charge in [-0.25, -0.2) is 4.98 Å². The second-order valence-corrected chi connectivity index (χ2v) is 5.93. The van der Waals surface area contributed by atoms with E-state index < -0.39 is 5.97 Å². The largest absolute Gasteiger partial charge is 0.481 e. The van der Waals surface area contributed by atoms with E-state index in [0.29, 0.717) is 6.04 Å². The van der Waals surface area contributed by atoms with Crippen molar-refractivity contribution in [1.29, 1.82) is 0 Å². The summed E-state index contributed by atoms with van der Waals surface area (Å²) in [6.45, 7) is 2.08. The van der Waals surface area contributed by atoms with Crippen LogP contribution in [-0.2, 0) is 4.79 Å². The Kier molecular flexibility index (Phi) is 3.53. The van der Waals surface area contributed by atoms with E-state index in [2.05, 4.69) is 34.7 Å². The summed E-state index contributed by atoms with van der Waals surface area (Å²) in [6, 6.07) is 6.42. The zero-order valence-corrected chi connectivity index (χ0v) is 12.1. The number of hydrogen-bond acceptors (Lipinski definition) is 3. The molecule has 0 spiro atoms. The number of carboxylic acid groups (broad SMARTS) is 1. The first-order chi connectivity index (χ1) is 9.66. The van der Waals surface area contributed by atoms with Crippen molar-refractivity contribution in [3.8, 4) is 0 Å². The molecule has 4 nitrogen and oxygen atoms in total. The van der Waals surface area contributed by atoms with Crippen LogP contribution >= 0.6 is 11.8 Å². The number of imidazole rings is 1. The maximum Gasteiger partial charge on any atom is 0.313 e. The zero-order chi connectivity index (χ0) is 14.1. The van der Waals surface area contributed by atoms with Gasteiger partial charge in [0.25, 0.3) is 0 Å². The third-order valence-electron chi connectivity index (χ3n) is 3.55. The van der Waals surface area contributed by atoms with Crippen LogP contribution in [0.1, 0.15) is 24.4 Å². The fourth-order valence-corrected chi connectivity index (χ4v) is 3.48. The van der Waals surface area contributed by atoms with Crippen molar-refractivity contribution in [3.63, 3.8) is 0 Å². The van der Waals surface area contributed by atoms with Crippen LogP contribution in [0.5, 0.6) is 0 Å². The van der Waals surface area contributed by atoms with Gasteiger partial charge in [0, 0.05) is 6.04 Å². The highest BCUT2D eigenvalue weighted by Crippen LogP contribution is 2.34. The van der Waals surface area contributed by atoms with Gasteiger partial charge in [0.1, 0.15) is 0 Å². The molecule has 1 aromatic carbocycles. The van der Waals surface area contributed by atoms with Gasteiger partial charge in [-0.15, -0.1) is 0 Å². The quantitative estimate of drug-likeness (QED) is 0.692. The van der Waals surface area contributed by atoms with E-state index in [1.54, 1.807) is 0 Å². The predicted octanol–water partition coefficient (Wildman–Crippen LogP) is 3.41. The van der Waals surface area contributed by atoms with E-state index in [-0.39, 0.29) is 5.75 Å². The molecule has 2 aromatic rings. The minimum absolute atomic E-state index is 0.0442. The molecule has 5 heteroatoms. The molecule has 0 unspecified atom stereocenters. The molecule has 104 valence electrons. The monoisotopic (exact) mass is 288 g/mol. The van der Waals surface area contributed by atoms with Gasteiger partial charge in [-0.2, -0.15) is 0 Å². The number of para-hydroxylation sites is 1. The number of carbonyl (C=O) groups is 1. The average molecular weight is 288 g/mol. The van der Waals surface area contributed by atoms with E-state index in [9.17, 15) is 4.79 Å². The molecule has 1 N–H and O–H groups in total. The number of carboxylic acids is 1. The molecule has 0 bridgehead atoms. The Balaban J connectivity index is 2.10. The molecule has 1 heterocycles. The van der Waals surface area contributed by atoms with Gasteiger partial charge in [0.2, 0.25) is 0 Å². The van der Waals surface area contributed by atoms with E-state index in [1.807, 2.05) is 12.1 Å². The number of thioether (sulfide) groups is 1. The molecular formula is C15H16N2O2S. The fourth-order valence-electron chi connectivity index (χ4n) is 2.68. The van der Waals surface area contributed by atoms with Crippen LogP contribution in [0.2, 0.25) is 0 Å². The first-order valence-electron chi connectivity index (χ1n) is 6.64. The summed E-state index contributed by atoms with van der Waals surface area (Å²) in [5, 5.41) is 9.70. The van der Waals surface area contributed by atoms with Crippen molar-refractivity contribution in [2.75, 3.05) is 5.75 Å². The lowest BCUT2D eigenvalue weighted by molar-refractivity contribution is -0.133. The van der Waals surface area contributed by atoms with E-state index in [0.717, 1.165) is 29.0 Å². The summed E-state index contributed by atoms with van der Waals surface area (Å²) >= 11 is 1.30. The summed E-state index contributed by atoms with van der Waals surface area (Å²) in [6.07, 6.45) is 6.34. The van der Waals surface area contributed by atoms with E-state index >= 15 is 0 Å². The molecule has 20 heavy (non-hydrogen) atoms. The third-order valence-corrected chi connectivity index (χ3v) is 4.49. The highest BCUT2D eigenvalue weighted by Gasteiger charge is 2.21. The Labute approximate surface area is 121 Å². The molecule has 0 fully saturated rings. The lowest BCUT2D eigenvalue weighted by Crippen LogP contribution is -2.08. The Morgan fingerprint density at radius 2 is 2.20 bits per heavy atom. The van der Waals surface area contributed by atoms with E-state index in [4.69, 9.17) is 5.11 Å². The molecule has 1 aliphatic carbocycles. The summed E-state index contributed by atoms with van der Waals surface area (Å²) in [7, 11) is 0. The number of nitrogens with zero attached hydrogens (tertiary/aromatic N) is 2. The zero-order valence-electron chi connectivity index (χ0n) is 11.2. The number of benzene rings is 1. The molecule has 0 atom stereocenters. The van der Waals surface area contributed by atoms with Crippen molar-refractivity contribution >= 4 is 28.8 Å². The fraction of sp³-hybridized carbons (Fsp3) is 0.333. The molecule has 0 radical (unpaired) electrons. The third kappa shape index (κ3) is 2.33. The van der Waals surface area contributed by atoms with Gasteiger partial charge < -0.3 is 9.67 Å². The molecular weight excluding hydrogens is 272 g/mol. The van der Waals surface area contributed by atoms with Crippen LogP contribution in [0, 0.1) is 6.92 Å². The molecule has 3 rings (SSSR count). The predicted molar refractivity (Wildman–Crippen MR) is 80.2 cm³/mol. The molecule has 0 aliphatic heterocycles. The van der Waals surface area contributed by atoms with Crippen molar-refractivity contribution < 1.29 is 9.90 Å². The maximum absolute atomic E-state index is 10.8. The summed E-state index contributed by atoms with van der Waals surface area (Å²) in [4.78, 5) is 15.4. The van der Waals surface area contributed by atoms with Gasteiger partial charge in [0.05, 0.1) is 16.8 Å². The van der Waals surface area contributed by atoms with Gasteiger partial charge in [-0.05, 0) is 31.4 Å². The smallest absolute Gasteiger partial charge is 0.313 e. The standard InChI is InChI=1S/C15H16N2O2S/c1-10-5-4-8-12-14(10)17(11-6-2-3-7-11)15(16-12)20-9-13(18)19/h2-5,8,11H,6-7,9H2,1H3,(H,18,19). The van der Waals surface area contributed by atoms with Gasteiger partial charge >= 0.3 is 5.97 Å². The Bertz CT molecular complexity index is 682. The van der Waals surface area contributed by atoms with Gasteiger partial charge in [0.15, 0.2) is 5.16 Å². The van der Waals surface area contributed by atoms with Crippen LogP contribution in [0.4, 0.5) is 0 Å². The Morgan fingerprint density at radius 1 is 1.45 bits per heavy atom. The van der Waals surface area contributed by atoms with Crippen LogP contribution in [0.3, 0.4) is 0 Å². The van der Waals surface area contributed by atoms with Crippen molar-refractivity contribution in [3.05, 3.63) is 35.9 Å². The number of rotatable bonds is 4. The molecule has 0 saturated heterocycles. The number of aromatic nitrogens is 2. The molecule has 1 aliphatic rings. The van der Waals surface area contributed by atoms with Crippen molar-refractivity contribution in [2.24, 2.45) is 0 Å². The Morgan fingerprint density at radius 3 is 2.90 bits per heavy atom. The number of aryl methyl sites for hydroxylation is 1. The summed E-state index contributed by atoms with van der Waals surface area (Å²) in [5.41, 5.74) is 3.27. The van der Waals surface area contributed by atoms with Crippen molar-refractivity contribution in [1.82, 2.24) is 9.55 Å². The molecule has 0 saturated carbocycles. The second-order valence-electron chi connectivity index (χ2n) is 4.99. The molecule has 1 aromatic heterocycles. The van der Waals surface area contributed by atoms with Gasteiger partial charge in [-0.3, -0.25) is 4.79 Å². The van der Waals surface area contributed by atoms with Crippen LogP contribution in [0.25, 0.3) is 11.0 Å². The normalized spacial score (nSPS) is 15.2. The lowest BCUT2D eigenvalue weighted by atomic mass is 10.1. The van der Waals surface area contributed by atoms with E-state index in [1.165, 1.54) is 17.3 Å². The minimum Gasteiger partial charge on any atom is -0.481 e. The summed E-state index contributed by atoms with van der Waals surface area (Å²) < 4.78 is 2.22.